The topological polar surface area (TPSA) is 91.0 Å². The Hall–Kier alpha value is -2.12. The van der Waals surface area contributed by atoms with Gasteiger partial charge in [-0.2, -0.15) is 0 Å². The van der Waals surface area contributed by atoms with Crippen LogP contribution >= 0.6 is 11.3 Å². The van der Waals surface area contributed by atoms with Crippen molar-refractivity contribution >= 4 is 23.2 Å². The molecular formula is C16H17NO5S. The highest BCUT2D eigenvalue weighted by Crippen LogP contribution is 2.30. The Bertz CT molecular complexity index is 693. The molecule has 6 nitrogen and oxygen atoms in total. The Balaban J connectivity index is 1.70. The van der Waals surface area contributed by atoms with Gasteiger partial charge in [-0.3, -0.25) is 4.79 Å². The first-order chi connectivity index (χ1) is 11.1. The first-order valence-electron chi connectivity index (χ1n) is 7.40. The number of carboxylic acid groups (broad SMARTS) is 1. The smallest absolute Gasteiger partial charge is 0.338 e. The molecule has 2 aromatic rings. The van der Waals surface area contributed by atoms with E-state index in [1.165, 1.54) is 17.4 Å². The summed E-state index contributed by atoms with van der Waals surface area (Å²) in [5.41, 5.74) is -0.0392. The van der Waals surface area contributed by atoms with Gasteiger partial charge >= 0.3 is 5.97 Å². The summed E-state index contributed by atoms with van der Waals surface area (Å²) >= 11 is 1.49. The largest absolute Gasteiger partial charge is 0.478 e. The molecule has 0 spiro atoms. The number of aliphatic hydroxyl groups is 1. The maximum Gasteiger partial charge on any atom is 0.338 e. The van der Waals surface area contributed by atoms with Crippen LogP contribution < -0.4 is 0 Å². The van der Waals surface area contributed by atoms with E-state index in [1.807, 2.05) is 17.5 Å². The predicted octanol–water partition coefficient (Wildman–Crippen LogP) is 2.77. The number of aromatic carboxylic acids is 1. The van der Waals surface area contributed by atoms with Crippen LogP contribution in [0.1, 0.15) is 51.2 Å². The molecule has 3 heterocycles. The SMILES string of the molecule is O=C(O)c1coc(C(=O)N2CCCC2CC(O)c2cccs2)c1. The lowest BCUT2D eigenvalue weighted by atomic mass is 10.1. The maximum absolute atomic E-state index is 12.5. The summed E-state index contributed by atoms with van der Waals surface area (Å²) in [6, 6.07) is 4.94. The number of hydrogen-bond donors (Lipinski definition) is 2. The van der Waals surface area contributed by atoms with Gasteiger partial charge in [-0.15, -0.1) is 11.3 Å². The third-order valence-corrected chi connectivity index (χ3v) is 5.04. The van der Waals surface area contributed by atoms with E-state index in [4.69, 9.17) is 9.52 Å². The lowest BCUT2D eigenvalue weighted by Gasteiger charge is -2.25. The summed E-state index contributed by atoms with van der Waals surface area (Å²) in [5, 5.41) is 21.1. The molecule has 1 aliphatic rings. The highest BCUT2D eigenvalue weighted by molar-refractivity contribution is 7.10. The molecule has 0 saturated carbocycles. The van der Waals surface area contributed by atoms with Crippen molar-refractivity contribution in [3.8, 4) is 0 Å². The van der Waals surface area contributed by atoms with Crippen LogP contribution in [-0.2, 0) is 0 Å². The summed E-state index contributed by atoms with van der Waals surface area (Å²) in [4.78, 5) is 26.0. The van der Waals surface area contributed by atoms with Crippen LogP contribution in [0.4, 0.5) is 0 Å². The number of rotatable bonds is 5. The second-order valence-corrected chi connectivity index (χ2v) is 6.55. The molecule has 7 heteroatoms. The summed E-state index contributed by atoms with van der Waals surface area (Å²) in [6.45, 7) is 0.587. The van der Waals surface area contributed by atoms with E-state index >= 15 is 0 Å². The summed E-state index contributed by atoms with van der Waals surface area (Å²) in [7, 11) is 0. The quantitative estimate of drug-likeness (QED) is 0.877. The van der Waals surface area contributed by atoms with Gasteiger partial charge in [0.15, 0.2) is 5.76 Å². The fraction of sp³-hybridized carbons (Fsp3) is 0.375. The molecule has 1 fully saturated rings. The molecule has 2 atom stereocenters. The first-order valence-corrected chi connectivity index (χ1v) is 8.28. The third-order valence-electron chi connectivity index (χ3n) is 4.06. The minimum Gasteiger partial charge on any atom is -0.478 e. The van der Waals surface area contributed by atoms with Crippen LogP contribution in [0.5, 0.6) is 0 Å². The summed E-state index contributed by atoms with van der Waals surface area (Å²) in [5.74, 6) is -1.42. The van der Waals surface area contributed by atoms with Crippen LogP contribution in [-0.4, -0.2) is 39.6 Å². The van der Waals surface area contributed by atoms with Gasteiger partial charge < -0.3 is 19.5 Å². The molecule has 2 N–H and O–H groups in total. The summed E-state index contributed by atoms with van der Waals surface area (Å²) in [6.07, 6.45) is 2.63. The number of carbonyl (C=O) groups excluding carboxylic acids is 1. The molecule has 1 saturated heterocycles. The molecule has 0 aliphatic carbocycles. The molecule has 1 amide bonds. The minimum atomic E-state index is -1.13. The Kier molecular flexibility index (Phi) is 4.49. The van der Waals surface area contributed by atoms with E-state index in [0.29, 0.717) is 13.0 Å². The molecule has 0 radical (unpaired) electrons. The van der Waals surface area contributed by atoms with E-state index in [0.717, 1.165) is 24.0 Å². The van der Waals surface area contributed by atoms with Crippen molar-refractivity contribution in [2.45, 2.75) is 31.4 Å². The normalized spacial score (nSPS) is 19.0. The molecule has 3 rings (SSSR count). The lowest BCUT2D eigenvalue weighted by molar-refractivity contribution is 0.0638. The number of hydrogen-bond acceptors (Lipinski definition) is 5. The number of carboxylic acids is 1. The van der Waals surface area contributed by atoms with E-state index in [-0.39, 0.29) is 23.3 Å². The molecule has 2 aromatic heterocycles. The van der Waals surface area contributed by atoms with E-state index in [9.17, 15) is 14.7 Å². The lowest BCUT2D eigenvalue weighted by Crippen LogP contribution is -2.36. The standard InChI is InChI=1S/C16H17NO5S/c18-12(14-4-2-6-23-14)8-11-3-1-5-17(11)15(19)13-7-10(9-22-13)16(20)21/h2,4,6-7,9,11-12,18H,1,3,5,8H2,(H,20,21). The Morgan fingerprint density at radius 2 is 2.30 bits per heavy atom. The molecule has 122 valence electrons. The van der Waals surface area contributed by atoms with Gasteiger partial charge in [0.25, 0.3) is 5.91 Å². The van der Waals surface area contributed by atoms with Crippen LogP contribution in [0.2, 0.25) is 0 Å². The number of amides is 1. The third kappa shape index (κ3) is 3.30. The number of aliphatic hydroxyl groups excluding tert-OH is 1. The maximum atomic E-state index is 12.5. The van der Waals surface area contributed by atoms with Gasteiger partial charge in [-0.25, -0.2) is 4.79 Å². The van der Waals surface area contributed by atoms with Gasteiger partial charge in [0.2, 0.25) is 0 Å². The van der Waals surface area contributed by atoms with Crippen molar-refractivity contribution in [1.29, 1.82) is 0 Å². The molecule has 2 unspecified atom stereocenters. The Morgan fingerprint density at radius 1 is 1.48 bits per heavy atom. The van der Waals surface area contributed by atoms with Gasteiger partial charge in [-0.05, 0) is 30.7 Å². The van der Waals surface area contributed by atoms with E-state index in [1.54, 1.807) is 4.90 Å². The minimum absolute atomic E-state index is 0.0277. The van der Waals surface area contributed by atoms with Crippen molar-refractivity contribution in [2.24, 2.45) is 0 Å². The average molecular weight is 335 g/mol. The first kappa shape index (κ1) is 15.8. The van der Waals surface area contributed by atoms with Crippen molar-refractivity contribution < 1.29 is 24.2 Å². The second kappa shape index (κ2) is 6.55. The van der Waals surface area contributed by atoms with E-state index < -0.39 is 12.1 Å². The number of likely N-dealkylation sites (tertiary alicyclic amines) is 1. The van der Waals surface area contributed by atoms with Crippen molar-refractivity contribution in [3.05, 3.63) is 46.0 Å². The van der Waals surface area contributed by atoms with Crippen LogP contribution in [0.25, 0.3) is 0 Å². The average Bonchev–Trinajstić information content (AvgIpc) is 3.27. The monoisotopic (exact) mass is 335 g/mol. The molecular weight excluding hydrogens is 318 g/mol. The number of furan rings is 1. The molecule has 0 bridgehead atoms. The van der Waals surface area contributed by atoms with Crippen LogP contribution in [0, 0.1) is 0 Å². The highest BCUT2D eigenvalue weighted by Gasteiger charge is 2.33. The number of nitrogens with zero attached hydrogens (tertiary/aromatic N) is 1. The van der Waals surface area contributed by atoms with Gasteiger partial charge in [-0.1, -0.05) is 6.07 Å². The Labute approximate surface area is 137 Å². The zero-order chi connectivity index (χ0) is 16.4. The van der Waals surface area contributed by atoms with Crippen molar-refractivity contribution in [1.82, 2.24) is 4.90 Å². The Morgan fingerprint density at radius 3 is 2.96 bits per heavy atom. The van der Waals surface area contributed by atoms with Gasteiger partial charge in [0.1, 0.15) is 6.26 Å². The number of carbonyl (C=O) groups is 2. The van der Waals surface area contributed by atoms with Crippen LogP contribution in [0.3, 0.4) is 0 Å². The van der Waals surface area contributed by atoms with E-state index in [2.05, 4.69) is 0 Å². The van der Waals surface area contributed by atoms with Gasteiger partial charge in [0.05, 0.1) is 11.7 Å². The van der Waals surface area contributed by atoms with Crippen molar-refractivity contribution in [3.63, 3.8) is 0 Å². The van der Waals surface area contributed by atoms with Crippen LogP contribution in [0.15, 0.2) is 34.3 Å². The predicted molar refractivity (Wildman–Crippen MR) is 83.6 cm³/mol. The highest BCUT2D eigenvalue weighted by atomic mass is 32.1. The van der Waals surface area contributed by atoms with Gasteiger partial charge in [0, 0.05) is 23.5 Å². The number of thiophene rings is 1. The fourth-order valence-electron chi connectivity index (χ4n) is 2.90. The zero-order valence-electron chi connectivity index (χ0n) is 12.3. The summed E-state index contributed by atoms with van der Waals surface area (Å²) < 4.78 is 5.09. The second-order valence-electron chi connectivity index (χ2n) is 5.57. The molecule has 23 heavy (non-hydrogen) atoms. The zero-order valence-corrected chi connectivity index (χ0v) is 13.2. The molecule has 0 aromatic carbocycles. The fourth-order valence-corrected chi connectivity index (χ4v) is 3.63. The molecule has 1 aliphatic heterocycles. The van der Waals surface area contributed by atoms with Crippen molar-refractivity contribution in [2.75, 3.05) is 6.54 Å².